The molecule has 110 valence electrons. The van der Waals surface area contributed by atoms with E-state index in [1.165, 1.54) is 0 Å². The molecule has 0 bridgehead atoms. The molecule has 2 fully saturated rings. The summed E-state index contributed by atoms with van der Waals surface area (Å²) >= 11 is 0. The molecule has 1 amide bonds. The largest absolute Gasteiger partial charge is 0.348 e. The first-order valence-electron chi connectivity index (χ1n) is 6.67. The highest BCUT2D eigenvalue weighted by molar-refractivity contribution is 7.91. The average molecular weight is 299 g/mol. The number of aromatic nitrogens is 3. The van der Waals surface area contributed by atoms with E-state index >= 15 is 0 Å². The number of hydrogen-bond donors (Lipinski definition) is 2. The fourth-order valence-corrected chi connectivity index (χ4v) is 3.80. The fraction of sp³-hybridized carbons (Fsp3) is 0.727. The number of nitrogens with zero attached hydrogens (tertiary/aromatic N) is 3. The average Bonchev–Trinajstić information content (AvgIpc) is 2.79. The van der Waals surface area contributed by atoms with Gasteiger partial charge in [-0.3, -0.25) is 4.79 Å². The molecule has 3 heterocycles. The van der Waals surface area contributed by atoms with Crippen molar-refractivity contribution in [2.45, 2.75) is 24.9 Å². The van der Waals surface area contributed by atoms with Gasteiger partial charge in [-0.25, -0.2) is 13.1 Å². The van der Waals surface area contributed by atoms with Crippen molar-refractivity contribution in [2.24, 2.45) is 0 Å². The summed E-state index contributed by atoms with van der Waals surface area (Å²) in [6.07, 6.45) is 2.57. The van der Waals surface area contributed by atoms with E-state index in [1.807, 2.05) is 0 Å². The van der Waals surface area contributed by atoms with Crippen LogP contribution in [0.4, 0.5) is 0 Å². The van der Waals surface area contributed by atoms with E-state index in [0.717, 1.165) is 13.1 Å². The van der Waals surface area contributed by atoms with Gasteiger partial charge in [0.2, 0.25) is 0 Å². The smallest absolute Gasteiger partial charge is 0.273 e. The van der Waals surface area contributed by atoms with Crippen LogP contribution in [0.15, 0.2) is 6.20 Å². The molecule has 2 aliphatic heterocycles. The Hall–Kier alpha value is -1.48. The molecule has 20 heavy (non-hydrogen) atoms. The second-order valence-corrected chi connectivity index (χ2v) is 7.60. The fourth-order valence-electron chi connectivity index (χ4n) is 2.31. The maximum atomic E-state index is 12.0. The third kappa shape index (κ3) is 2.83. The topological polar surface area (TPSA) is 106 Å². The van der Waals surface area contributed by atoms with Crippen molar-refractivity contribution in [3.63, 3.8) is 0 Å². The zero-order valence-electron chi connectivity index (χ0n) is 10.9. The van der Waals surface area contributed by atoms with Gasteiger partial charge in [0.25, 0.3) is 5.91 Å². The van der Waals surface area contributed by atoms with Crippen molar-refractivity contribution >= 4 is 15.7 Å². The summed E-state index contributed by atoms with van der Waals surface area (Å²) in [6.45, 7) is 1.68. The van der Waals surface area contributed by atoms with Gasteiger partial charge < -0.3 is 10.6 Å². The quantitative estimate of drug-likeness (QED) is 0.721. The highest BCUT2D eigenvalue weighted by Gasteiger charge is 2.26. The van der Waals surface area contributed by atoms with E-state index < -0.39 is 9.84 Å². The lowest BCUT2D eigenvalue weighted by Crippen LogP contribution is -2.43. The molecule has 3 rings (SSSR count). The highest BCUT2D eigenvalue weighted by Crippen LogP contribution is 2.13. The second kappa shape index (κ2) is 5.13. The van der Waals surface area contributed by atoms with Gasteiger partial charge in [-0.05, 0) is 12.8 Å². The van der Waals surface area contributed by atoms with Gasteiger partial charge in [0, 0.05) is 19.1 Å². The first-order chi connectivity index (χ1) is 9.53. The van der Waals surface area contributed by atoms with E-state index in [2.05, 4.69) is 20.9 Å². The molecule has 1 aromatic heterocycles. The van der Waals surface area contributed by atoms with Crippen molar-refractivity contribution in [3.8, 4) is 0 Å². The summed E-state index contributed by atoms with van der Waals surface area (Å²) < 4.78 is 24.3. The van der Waals surface area contributed by atoms with Crippen LogP contribution < -0.4 is 10.6 Å². The summed E-state index contributed by atoms with van der Waals surface area (Å²) in [7, 11) is -2.91. The molecule has 0 aromatic carbocycles. The maximum Gasteiger partial charge on any atom is 0.273 e. The predicted molar refractivity (Wildman–Crippen MR) is 71.1 cm³/mol. The SMILES string of the molecule is O=C(NC1CCS(=O)(=O)CC1)c1cn(C2CNC2)nn1. The molecule has 2 saturated heterocycles. The predicted octanol–water partition coefficient (Wildman–Crippen LogP) is -1.27. The summed E-state index contributed by atoms with van der Waals surface area (Å²) in [4.78, 5) is 12.0. The molecule has 0 spiro atoms. The van der Waals surface area contributed by atoms with E-state index in [9.17, 15) is 13.2 Å². The molecule has 0 atom stereocenters. The molecular formula is C11H17N5O3S. The Bertz CT molecular complexity index is 593. The van der Waals surface area contributed by atoms with Crippen LogP contribution in [0, 0.1) is 0 Å². The van der Waals surface area contributed by atoms with Gasteiger partial charge in [-0.15, -0.1) is 5.10 Å². The van der Waals surface area contributed by atoms with Gasteiger partial charge >= 0.3 is 0 Å². The zero-order valence-corrected chi connectivity index (χ0v) is 11.8. The molecule has 0 radical (unpaired) electrons. The van der Waals surface area contributed by atoms with Gasteiger partial charge in [0.1, 0.15) is 9.84 Å². The van der Waals surface area contributed by atoms with Crippen LogP contribution in [0.3, 0.4) is 0 Å². The van der Waals surface area contributed by atoms with E-state index in [1.54, 1.807) is 10.9 Å². The van der Waals surface area contributed by atoms with Crippen molar-refractivity contribution in [3.05, 3.63) is 11.9 Å². The van der Waals surface area contributed by atoms with Crippen LogP contribution in [0.25, 0.3) is 0 Å². The van der Waals surface area contributed by atoms with Crippen LogP contribution in [0.1, 0.15) is 29.4 Å². The minimum Gasteiger partial charge on any atom is -0.348 e. The number of carbonyl (C=O) groups excluding carboxylic acids is 1. The van der Waals surface area contributed by atoms with Gasteiger partial charge in [-0.2, -0.15) is 0 Å². The summed E-state index contributed by atoms with van der Waals surface area (Å²) in [5, 5.41) is 13.8. The number of rotatable bonds is 3. The third-order valence-electron chi connectivity index (χ3n) is 3.77. The molecule has 0 saturated carbocycles. The lowest BCUT2D eigenvalue weighted by atomic mass is 10.1. The Morgan fingerprint density at radius 3 is 2.65 bits per heavy atom. The lowest BCUT2D eigenvalue weighted by molar-refractivity contribution is 0.0929. The number of hydrogen-bond acceptors (Lipinski definition) is 6. The molecule has 0 unspecified atom stereocenters. The van der Waals surface area contributed by atoms with E-state index in [4.69, 9.17) is 0 Å². The Labute approximate surface area is 116 Å². The normalized spacial score (nSPS) is 23.2. The number of sulfone groups is 1. The van der Waals surface area contributed by atoms with Crippen LogP contribution in [0.2, 0.25) is 0 Å². The standard InChI is InChI=1S/C11H17N5O3S/c17-11(13-8-1-3-20(18,19)4-2-8)10-7-16(15-14-10)9-5-12-6-9/h7-9,12H,1-6H2,(H,13,17). The van der Waals surface area contributed by atoms with Crippen molar-refractivity contribution < 1.29 is 13.2 Å². The molecular weight excluding hydrogens is 282 g/mol. The number of carbonyl (C=O) groups is 1. The summed E-state index contributed by atoms with van der Waals surface area (Å²) in [5.41, 5.74) is 0.283. The Balaban J connectivity index is 1.57. The Morgan fingerprint density at radius 1 is 1.35 bits per heavy atom. The van der Waals surface area contributed by atoms with Crippen LogP contribution in [0.5, 0.6) is 0 Å². The van der Waals surface area contributed by atoms with Crippen molar-refractivity contribution in [1.82, 2.24) is 25.6 Å². The van der Waals surface area contributed by atoms with Gasteiger partial charge in [0.15, 0.2) is 5.69 Å². The minimum absolute atomic E-state index is 0.0958. The first kappa shape index (κ1) is 13.5. The lowest BCUT2D eigenvalue weighted by Gasteiger charge is -2.26. The molecule has 2 N–H and O–H groups in total. The number of amides is 1. The van der Waals surface area contributed by atoms with Gasteiger partial charge in [0.05, 0.1) is 23.7 Å². The Kier molecular flexibility index (Phi) is 3.47. The molecule has 8 nitrogen and oxygen atoms in total. The van der Waals surface area contributed by atoms with Crippen molar-refractivity contribution in [2.75, 3.05) is 24.6 Å². The van der Waals surface area contributed by atoms with E-state index in [-0.39, 0.29) is 35.2 Å². The third-order valence-corrected chi connectivity index (χ3v) is 5.48. The summed E-state index contributed by atoms with van der Waals surface area (Å²) in [6, 6.07) is 0.172. The van der Waals surface area contributed by atoms with Crippen LogP contribution in [-0.4, -0.2) is 60.0 Å². The maximum absolute atomic E-state index is 12.0. The van der Waals surface area contributed by atoms with Crippen molar-refractivity contribution in [1.29, 1.82) is 0 Å². The molecule has 0 aliphatic carbocycles. The molecule has 9 heteroatoms. The van der Waals surface area contributed by atoms with Gasteiger partial charge in [-0.1, -0.05) is 5.21 Å². The minimum atomic E-state index is -2.91. The number of nitrogens with one attached hydrogen (secondary N) is 2. The highest BCUT2D eigenvalue weighted by atomic mass is 32.2. The van der Waals surface area contributed by atoms with Crippen LogP contribution in [-0.2, 0) is 9.84 Å². The van der Waals surface area contributed by atoms with Crippen LogP contribution >= 0.6 is 0 Å². The summed E-state index contributed by atoms with van der Waals surface area (Å²) in [5.74, 6) is -0.00985. The first-order valence-corrected chi connectivity index (χ1v) is 8.49. The molecule has 1 aromatic rings. The zero-order chi connectivity index (χ0) is 14.2. The monoisotopic (exact) mass is 299 g/mol. The Morgan fingerprint density at radius 2 is 2.05 bits per heavy atom. The van der Waals surface area contributed by atoms with E-state index in [0.29, 0.717) is 12.8 Å². The second-order valence-electron chi connectivity index (χ2n) is 5.30. The molecule has 2 aliphatic rings.